The first-order chi connectivity index (χ1) is 11.3. The van der Waals surface area contributed by atoms with Crippen LogP contribution < -0.4 is 9.62 Å². The molecule has 0 fully saturated rings. The Bertz CT molecular complexity index is 820. The highest BCUT2D eigenvalue weighted by Gasteiger charge is 2.16. The average molecular weight is 367 g/mol. The Morgan fingerprint density at radius 2 is 1.83 bits per heavy atom. The Morgan fingerprint density at radius 3 is 2.42 bits per heavy atom. The van der Waals surface area contributed by atoms with Crippen LogP contribution in [0.5, 0.6) is 0 Å². The lowest BCUT2D eigenvalue weighted by molar-refractivity contribution is -0.116. The molecule has 0 saturated heterocycles. The maximum Gasteiger partial charge on any atom is 0.240 e. The van der Waals surface area contributed by atoms with Crippen LogP contribution in [0, 0.1) is 6.92 Å². The monoisotopic (exact) mass is 366 g/mol. The first-order valence-corrected chi connectivity index (χ1v) is 9.26. The quantitative estimate of drug-likeness (QED) is 0.854. The minimum atomic E-state index is -3.64. The first kappa shape index (κ1) is 18.4. The summed E-state index contributed by atoms with van der Waals surface area (Å²) in [4.78, 5) is 13.5. The van der Waals surface area contributed by atoms with Crippen molar-refractivity contribution in [3.05, 3.63) is 59.1 Å². The van der Waals surface area contributed by atoms with Crippen LogP contribution in [-0.2, 0) is 14.8 Å². The maximum absolute atomic E-state index is 12.2. The van der Waals surface area contributed by atoms with E-state index in [4.69, 9.17) is 11.6 Å². The summed E-state index contributed by atoms with van der Waals surface area (Å²) >= 11 is 5.76. The molecule has 5 nitrogen and oxygen atoms in total. The molecule has 0 aliphatic heterocycles. The van der Waals surface area contributed by atoms with Crippen LogP contribution >= 0.6 is 11.6 Å². The fourth-order valence-electron chi connectivity index (χ4n) is 2.25. The zero-order valence-electron chi connectivity index (χ0n) is 13.5. The van der Waals surface area contributed by atoms with E-state index in [0.717, 1.165) is 11.3 Å². The van der Waals surface area contributed by atoms with Crippen molar-refractivity contribution in [3.8, 4) is 0 Å². The van der Waals surface area contributed by atoms with Crippen molar-refractivity contribution in [2.24, 2.45) is 0 Å². The standard InChI is InChI=1S/C17H19ClN2O3S/c1-13-4-3-5-16(12-13)20(14(2)21)11-10-19-24(22,23)17-8-6-15(18)7-9-17/h3-9,12,19H,10-11H2,1-2H3. The zero-order valence-corrected chi connectivity index (χ0v) is 15.1. The molecule has 0 aromatic heterocycles. The number of anilines is 1. The number of benzene rings is 2. The molecule has 2 aromatic rings. The molecule has 0 radical (unpaired) electrons. The predicted molar refractivity (Wildman–Crippen MR) is 95.8 cm³/mol. The molecular formula is C17H19ClN2O3S. The lowest BCUT2D eigenvalue weighted by atomic mass is 10.2. The summed E-state index contributed by atoms with van der Waals surface area (Å²) in [5.74, 6) is -0.147. The van der Waals surface area contributed by atoms with E-state index in [1.54, 1.807) is 0 Å². The van der Waals surface area contributed by atoms with E-state index in [-0.39, 0.29) is 23.9 Å². The molecule has 0 aliphatic carbocycles. The lowest BCUT2D eigenvalue weighted by Crippen LogP contribution is -2.37. The summed E-state index contributed by atoms with van der Waals surface area (Å²) in [6, 6.07) is 13.4. The third kappa shape index (κ3) is 4.80. The molecule has 2 rings (SSSR count). The van der Waals surface area contributed by atoms with Crippen molar-refractivity contribution in [2.45, 2.75) is 18.7 Å². The van der Waals surface area contributed by atoms with E-state index in [1.165, 1.54) is 36.1 Å². The topological polar surface area (TPSA) is 66.5 Å². The maximum atomic E-state index is 12.2. The SMILES string of the molecule is CC(=O)N(CCNS(=O)(=O)c1ccc(Cl)cc1)c1cccc(C)c1. The average Bonchev–Trinajstić information content (AvgIpc) is 2.51. The van der Waals surface area contributed by atoms with Gasteiger partial charge in [-0.2, -0.15) is 0 Å². The highest BCUT2D eigenvalue weighted by Crippen LogP contribution is 2.16. The largest absolute Gasteiger partial charge is 0.311 e. The summed E-state index contributed by atoms with van der Waals surface area (Å²) in [6.07, 6.45) is 0. The number of nitrogens with zero attached hydrogens (tertiary/aromatic N) is 1. The van der Waals surface area contributed by atoms with E-state index < -0.39 is 10.0 Å². The van der Waals surface area contributed by atoms with Crippen molar-refractivity contribution in [1.82, 2.24) is 4.72 Å². The predicted octanol–water partition coefficient (Wildman–Crippen LogP) is 2.98. The normalized spacial score (nSPS) is 11.3. The molecule has 7 heteroatoms. The number of carbonyl (C=O) groups is 1. The number of carbonyl (C=O) groups excluding carboxylic acids is 1. The second kappa shape index (κ2) is 7.79. The van der Waals surface area contributed by atoms with Crippen molar-refractivity contribution < 1.29 is 13.2 Å². The van der Waals surface area contributed by atoms with E-state index in [9.17, 15) is 13.2 Å². The van der Waals surface area contributed by atoms with Crippen LogP contribution in [0.2, 0.25) is 5.02 Å². The number of hydrogen-bond donors (Lipinski definition) is 1. The number of nitrogens with one attached hydrogen (secondary N) is 1. The summed E-state index contributed by atoms with van der Waals surface area (Å²) in [5, 5.41) is 0.469. The van der Waals surface area contributed by atoms with Gasteiger partial charge >= 0.3 is 0 Å². The molecular weight excluding hydrogens is 348 g/mol. The molecule has 128 valence electrons. The molecule has 0 saturated carbocycles. The fourth-order valence-corrected chi connectivity index (χ4v) is 3.40. The fraction of sp³-hybridized carbons (Fsp3) is 0.235. The summed E-state index contributed by atoms with van der Waals surface area (Å²) < 4.78 is 27.0. The second-order valence-corrected chi connectivity index (χ2v) is 7.56. The minimum Gasteiger partial charge on any atom is -0.311 e. The van der Waals surface area contributed by atoms with Crippen molar-refractivity contribution in [3.63, 3.8) is 0 Å². The minimum absolute atomic E-state index is 0.110. The second-order valence-electron chi connectivity index (χ2n) is 5.36. The van der Waals surface area contributed by atoms with Gasteiger partial charge in [0.2, 0.25) is 15.9 Å². The summed E-state index contributed by atoms with van der Waals surface area (Å²) in [7, 11) is -3.64. The number of amides is 1. The number of aryl methyl sites for hydroxylation is 1. The van der Waals surface area contributed by atoms with E-state index in [1.807, 2.05) is 31.2 Å². The van der Waals surface area contributed by atoms with Gasteiger partial charge in [0.15, 0.2) is 0 Å². The molecule has 0 spiro atoms. The van der Waals surface area contributed by atoms with Gasteiger partial charge in [0.25, 0.3) is 0 Å². The van der Waals surface area contributed by atoms with Gasteiger partial charge in [-0.1, -0.05) is 23.7 Å². The van der Waals surface area contributed by atoms with Crippen LogP contribution in [-0.4, -0.2) is 27.4 Å². The van der Waals surface area contributed by atoms with Crippen molar-refractivity contribution >= 4 is 33.2 Å². The smallest absolute Gasteiger partial charge is 0.240 e. The van der Waals surface area contributed by atoms with Crippen molar-refractivity contribution in [2.75, 3.05) is 18.0 Å². The summed E-state index contributed by atoms with van der Waals surface area (Å²) in [5.41, 5.74) is 1.77. The molecule has 0 unspecified atom stereocenters. The Labute approximate surface area is 147 Å². The number of hydrogen-bond acceptors (Lipinski definition) is 3. The van der Waals surface area contributed by atoms with Gasteiger partial charge in [0.1, 0.15) is 0 Å². The first-order valence-electron chi connectivity index (χ1n) is 7.39. The molecule has 24 heavy (non-hydrogen) atoms. The Balaban J connectivity index is 2.05. The van der Waals surface area contributed by atoms with Gasteiger partial charge in [0, 0.05) is 30.7 Å². The Morgan fingerprint density at radius 1 is 1.17 bits per heavy atom. The molecule has 0 aliphatic rings. The van der Waals surface area contributed by atoms with Gasteiger partial charge in [-0.25, -0.2) is 13.1 Å². The van der Waals surface area contributed by atoms with Crippen LogP contribution in [0.15, 0.2) is 53.4 Å². The number of sulfonamides is 1. The molecule has 0 heterocycles. The van der Waals surface area contributed by atoms with E-state index in [0.29, 0.717) is 5.02 Å². The summed E-state index contributed by atoms with van der Waals surface area (Å²) in [6.45, 7) is 3.74. The lowest BCUT2D eigenvalue weighted by Gasteiger charge is -2.21. The Kier molecular flexibility index (Phi) is 5.99. The van der Waals surface area contributed by atoms with Crippen molar-refractivity contribution in [1.29, 1.82) is 0 Å². The highest BCUT2D eigenvalue weighted by molar-refractivity contribution is 7.89. The van der Waals surface area contributed by atoms with Crippen LogP contribution in [0.4, 0.5) is 5.69 Å². The van der Waals surface area contributed by atoms with E-state index >= 15 is 0 Å². The van der Waals surface area contributed by atoms with Gasteiger partial charge in [-0.15, -0.1) is 0 Å². The molecule has 1 N–H and O–H groups in total. The van der Waals surface area contributed by atoms with E-state index in [2.05, 4.69) is 4.72 Å². The highest BCUT2D eigenvalue weighted by atomic mass is 35.5. The molecule has 1 amide bonds. The Hall–Kier alpha value is -1.89. The zero-order chi connectivity index (χ0) is 17.7. The molecule has 0 bridgehead atoms. The molecule has 2 aromatic carbocycles. The van der Waals surface area contributed by atoms with Gasteiger partial charge in [0.05, 0.1) is 4.90 Å². The van der Waals surface area contributed by atoms with Gasteiger partial charge in [-0.3, -0.25) is 4.79 Å². The third-order valence-electron chi connectivity index (χ3n) is 3.44. The van der Waals surface area contributed by atoms with Crippen LogP contribution in [0.25, 0.3) is 0 Å². The van der Waals surface area contributed by atoms with Gasteiger partial charge in [-0.05, 0) is 48.9 Å². The van der Waals surface area contributed by atoms with Crippen LogP contribution in [0.3, 0.4) is 0 Å². The van der Waals surface area contributed by atoms with Crippen LogP contribution in [0.1, 0.15) is 12.5 Å². The molecule has 0 atom stereocenters. The van der Waals surface area contributed by atoms with Gasteiger partial charge < -0.3 is 4.90 Å². The number of halogens is 1. The third-order valence-corrected chi connectivity index (χ3v) is 5.17. The number of rotatable bonds is 6.